The van der Waals surface area contributed by atoms with Crippen molar-refractivity contribution in [2.75, 3.05) is 17.2 Å². The van der Waals surface area contributed by atoms with Gasteiger partial charge in [0.15, 0.2) is 0 Å². The molecule has 3 heteroatoms. The minimum atomic E-state index is 0.182. The normalized spacial score (nSPS) is 17.9. The van der Waals surface area contributed by atoms with E-state index in [-0.39, 0.29) is 5.54 Å². The predicted molar refractivity (Wildman–Crippen MR) is 59.7 cm³/mol. The van der Waals surface area contributed by atoms with Gasteiger partial charge in [-0.3, -0.25) is 0 Å². The topological polar surface area (TPSA) is 37.0 Å². The van der Waals surface area contributed by atoms with Crippen molar-refractivity contribution in [2.45, 2.75) is 32.2 Å². The molecule has 76 valence electrons. The van der Waals surface area contributed by atoms with Crippen molar-refractivity contribution in [3.63, 3.8) is 0 Å². The Hall–Kier alpha value is -1.25. The van der Waals surface area contributed by atoms with Crippen LogP contribution in [0.25, 0.3) is 0 Å². The van der Waals surface area contributed by atoms with E-state index in [4.69, 9.17) is 0 Å². The minimum absolute atomic E-state index is 0.182. The van der Waals surface area contributed by atoms with Crippen molar-refractivity contribution in [1.29, 1.82) is 0 Å². The summed E-state index contributed by atoms with van der Waals surface area (Å²) in [5.41, 5.74) is 1.30. The van der Waals surface area contributed by atoms with Crippen LogP contribution in [0.1, 0.15) is 26.7 Å². The maximum Gasteiger partial charge on any atom is 0.149 e. The summed E-state index contributed by atoms with van der Waals surface area (Å²) >= 11 is 0. The van der Waals surface area contributed by atoms with Crippen molar-refractivity contribution in [3.8, 4) is 0 Å². The summed E-state index contributed by atoms with van der Waals surface area (Å²) in [6, 6.07) is 4.02. The second-order valence-corrected chi connectivity index (χ2v) is 3.87. The standard InChI is InChI=1S/C11H17N3/c1-3-11(4-2)8-13-9-6-5-7-12-10(9)14-11/h5-7,13H,3-4,8H2,1-2H3,(H,12,14). The van der Waals surface area contributed by atoms with Crippen LogP contribution in [0.3, 0.4) is 0 Å². The first-order valence-electron chi connectivity index (χ1n) is 5.27. The molecule has 1 aliphatic heterocycles. The van der Waals surface area contributed by atoms with Gasteiger partial charge < -0.3 is 10.6 Å². The van der Waals surface area contributed by atoms with Gasteiger partial charge in [0, 0.05) is 12.7 Å². The van der Waals surface area contributed by atoms with E-state index in [1.807, 2.05) is 12.3 Å². The Morgan fingerprint density at radius 3 is 2.93 bits per heavy atom. The van der Waals surface area contributed by atoms with Crippen LogP contribution in [0.15, 0.2) is 18.3 Å². The molecule has 1 aliphatic rings. The Morgan fingerprint density at radius 1 is 1.43 bits per heavy atom. The van der Waals surface area contributed by atoms with Gasteiger partial charge in [-0.25, -0.2) is 4.98 Å². The third-order valence-electron chi connectivity index (χ3n) is 3.16. The predicted octanol–water partition coefficient (Wildman–Crippen LogP) is 2.48. The number of anilines is 2. The van der Waals surface area contributed by atoms with Crippen LogP contribution in [0.5, 0.6) is 0 Å². The molecule has 14 heavy (non-hydrogen) atoms. The zero-order valence-electron chi connectivity index (χ0n) is 8.80. The zero-order valence-corrected chi connectivity index (χ0v) is 8.80. The van der Waals surface area contributed by atoms with E-state index in [0.29, 0.717) is 0 Å². The number of fused-ring (bicyclic) bond motifs is 1. The Labute approximate surface area is 84.9 Å². The lowest BCUT2D eigenvalue weighted by Gasteiger charge is -2.38. The van der Waals surface area contributed by atoms with Crippen LogP contribution in [0.2, 0.25) is 0 Å². The van der Waals surface area contributed by atoms with Crippen molar-refractivity contribution in [1.82, 2.24) is 4.98 Å². The van der Waals surface area contributed by atoms with Crippen molar-refractivity contribution < 1.29 is 0 Å². The SMILES string of the molecule is CCC1(CC)CNc2cccnc2N1. The highest BCUT2D eigenvalue weighted by atomic mass is 15.2. The molecule has 0 saturated heterocycles. The van der Waals surface area contributed by atoms with Crippen LogP contribution < -0.4 is 10.6 Å². The van der Waals surface area contributed by atoms with Crippen LogP contribution in [-0.2, 0) is 0 Å². The van der Waals surface area contributed by atoms with Gasteiger partial charge in [0.1, 0.15) is 5.82 Å². The highest BCUT2D eigenvalue weighted by molar-refractivity contribution is 5.67. The van der Waals surface area contributed by atoms with Gasteiger partial charge in [0.05, 0.1) is 11.2 Å². The summed E-state index contributed by atoms with van der Waals surface area (Å²) in [6.45, 7) is 5.41. The quantitative estimate of drug-likeness (QED) is 0.754. The third-order valence-corrected chi connectivity index (χ3v) is 3.16. The first kappa shape index (κ1) is 9.31. The summed E-state index contributed by atoms with van der Waals surface area (Å²) in [4.78, 5) is 4.34. The van der Waals surface area contributed by atoms with Gasteiger partial charge in [-0.2, -0.15) is 0 Å². The Bertz CT molecular complexity index is 318. The summed E-state index contributed by atoms with van der Waals surface area (Å²) < 4.78 is 0. The third kappa shape index (κ3) is 1.43. The summed E-state index contributed by atoms with van der Waals surface area (Å²) in [6.07, 6.45) is 4.06. The molecule has 0 fully saturated rings. The Balaban J connectivity index is 2.28. The zero-order chi connectivity index (χ0) is 10.0. The monoisotopic (exact) mass is 191 g/mol. The van der Waals surface area contributed by atoms with E-state index < -0.39 is 0 Å². The van der Waals surface area contributed by atoms with E-state index in [2.05, 4.69) is 35.5 Å². The fourth-order valence-corrected chi connectivity index (χ4v) is 1.88. The molecule has 0 bridgehead atoms. The Morgan fingerprint density at radius 2 is 2.21 bits per heavy atom. The smallest absolute Gasteiger partial charge is 0.149 e. The minimum Gasteiger partial charge on any atom is -0.380 e. The first-order chi connectivity index (χ1) is 6.79. The molecule has 0 spiro atoms. The highest BCUT2D eigenvalue weighted by Crippen LogP contribution is 2.31. The molecule has 0 aromatic carbocycles. The van der Waals surface area contributed by atoms with Crippen LogP contribution in [0.4, 0.5) is 11.5 Å². The highest BCUT2D eigenvalue weighted by Gasteiger charge is 2.30. The van der Waals surface area contributed by atoms with E-state index in [0.717, 1.165) is 30.9 Å². The molecule has 2 rings (SSSR count). The van der Waals surface area contributed by atoms with E-state index in [9.17, 15) is 0 Å². The van der Waals surface area contributed by atoms with E-state index >= 15 is 0 Å². The molecule has 1 aromatic heterocycles. The second-order valence-electron chi connectivity index (χ2n) is 3.87. The van der Waals surface area contributed by atoms with Crippen LogP contribution in [-0.4, -0.2) is 17.1 Å². The van der Waals surface area contributed by atoms with Crippen LogP contribution in [0, 0.1) is 0 Å². The number of aromatic nitrogens is 1. The number of nitrogens with one attached hydrogen (secondary N) is 2. The van der Waals surface area contributed by atoms with Gasteiger partial charge in [-0.15, -0.1) is 0 Å². The van der Waals surface area contributed by atoms with Gasteiger partial charge >= 0.3 is 0 Å². The molecule has 0 amide bonds. The number of hydrogen-bond acceptors (Lipinski definition) is 3. The fraction of sp³-hybridized carbons (Fsp3) is 0.545. The van der Waals surface area contributed by atoms with Gasteiger partial charge in [0.25, 0.3) is 0 Å². The van der Waals surface area contributed by atoms with Gasteiger partial charge in [0.2, 0.25) is 0 Å². The van der Waals surface area contributed by atoms with E-state index in [1.165, 1.54) is 0 Å². The van der Waals surface area contributed by atoms with Crippen LogP contribution >= 0.6 is 0 Å². The molecular formula is C11H17N3. The molecule has 0 aliphatic carbocycles. The molecule has 0 radical (unpaired) electrons. The molecule has 0 atom stereocenters. The second kappa shape index (κ2) is 3.48. The van der Waals surface area contributed by atoms with Crippen molar-refractivity contribution in [2.24, 2.45) is 0 Å². The molecule has 2 N–H and O–H groups in total. The molecule has 2 heterocycles. The first-order valence-corrected chi connectivity index (χ1v) is 5.27. The molecule has 0 unspecified atom stereocenters. The number of hydrogen-bond donors (Lipinski definition) is 2. The van der Waals surface area contributed by atoms with Crippen molar-refractivity contribution >= 4 is 11.5 Å². The lowest BCUT2D eigenvalue weighted by molar-refractivity contribution is 0.449. The molecule has 3 nitrogen and oxygen atoms in total. The molecule has 0 saturated carbocycles. The largest absolute Gasteiger partial charge is 0.380 e. The summed E-state index contributed by atoms with van der Waals surface area (Å²) in [7, 11) is 0. The van der Waals surface area contributed by atoms with Gasteiger partial charge in [-0.05, 0) is 25.0 Å². The average molecular weight is 191 g/mol. The maximum atomic E-state index is 4.34. The lowest BCUT2D eigenvalue weighted by atomic mass is 9.91. The van der Waals surface area contributed by atoms with Crippen molar-refractivity contribution in [3.05, 3.63) is 18.3 Å². The number of nitrogens with zero attached hydrogens (tertiary/aromatic N) is 1. The number of pyridine rings is 1. The summed E-state index contributed by atoms with van der Waals surface area (Å²) in [5, 5.41) is 6.97. The Kier molecular flexibility index (Phi) is 2.32. The van der Waals surface area contributed by atoms with E-state index in [1.54, 1.807) is 0 Å². The summed E-state index contributed by atoms with van der Waals surface area (Å²) in [5.74, 6) is 0.988. The maximum absolute atomic E-state index is 4.34. The molecular weight excluding hydrogens is 174 g/mol. The average Bonchev–Trinajstić information content (AvgIpc) is 2.28. The molecule has 1 aromatic rings. The number of rotatable bonds is 2. The lowest BCUT2D eigenvalue weighted by Crippen LogP contribution is -2.47. The fourth-order valence-electron chi connectivity index (χ4n) is 1.88. The van der Waals surface area contributed by atoms with Gasteiger partial charge in [-0.1, -0.05) is 13.8 Å².